The highest BCUT2D eigenvalue weighted by Gasteiger charge is 2.32. The molecule has 0 spiro atoms. The number of nitrogen functional groups attached to an aromatic ring is 1. The number of fused-ring (bicyclic) bond motifs is 2. The van der Waals surface area contributed by atoms with Gasteiger partial charge in [-0.1, -0.05) is 25.5 Å². The van der Waals surface area contributed by atoms with Crippen LogP contribution in [0, 0.1) is 5.92 Å². The molecule has 2 aliphatic heterocycles. The number of rotatable bonds is 13. The summed E-state index contributed by atoms with van der Waals surface area (Å²) < 4.78 is 17.3. The number of ether oxygens (including phenoxy) is 3. The van der Waals surface area contributed by atoms with Gasteiger partial charge in [0, 0.05) is 55.4 Å². The molecule has 3 aromatic rings. The molecular weight excluding hydrogens is 668 g/mol. The standard InChI is InChI=1S/C38H48N6O8/c1-24-20-44(25(2)22-45)37(48)18-26-17-27(40-35(46)11-5-4-6-12-36(47)42-30-10-8-7-9-29(30)39)13-15-31(26)52-34(24)21-43(3)38(49)41-28-14-16-32-33(19-28)51-23-50-32/h7-10,13-17,19,24-25,34,45H,4-6,11-12,18,20-23,39H2,1-3H3,(H,40,46)(H,41,49)(H,42,47)/t24-,25+,34+/m1/s1. The van der Waals surface area contributed by atoms with Crippen LogP contribution in [-0.2, 0) is 20.8 Å². The van der Waals surface area contributed by atoms with Gasteiger partial charge in [-0.25, -0.2) is 4.79 Å². The van der Waals surface area contributed by atoms with E-state index < -0.39 is 12.1 Å². The third kappa shape index (κ3) is 10.1. The highest BCUT2D eigenvalue weighted by Crippen LogP contribution is 2.34. The lowest BCUT2D eigenvalue weighted by Gasteiger charge is -2.34. The number of hydrogen-bond donors (Lipinski definition) is 5. The molecule has 14 heteroatoms. The van der Waals surface area contributed by atoms with Gasteiger partial charge in [-0.3, -0.25) is 14.4 Å². The molecule has 6 N–H and O–H groups in total. The quantitative estimate of drug-likeness (QED) is 0.122. The van der Waals surface area contributed by atoms with Crippen molar-refractivity contribution < 1.29 is 38.5 Å². The number of nitrogens with one attached hydrogen (secondary N) is 3. The van der Waals surface area contributed by atoms with Gasteiger partial charge in [0.15, 0.2) is 11.5 Å². The minimum Gasteiger partial charge on any atom is -0.488 e. The zero-order chi connectivity index (χ0) is 37.2. The molecule has 3 aromatic carbocycles. The molecule has 5 amide bonds. The van der Waals surface area contributed by atoms with E-state index in [0.29, 0.717) is 77.8 Å². The van der Waals surface area contributed by atoms with E-state index in [1.807, 2.05) is 6.92 Å². The second-order valence-corrected chi connectivity index (χ2v) is 13.3. The Labute approximate surface area is 303 Å². The number of benzene rings is 3. The lowest BCUT2D eigenvalue weighted by Crippen LogP contribution is -2.48. The van der Waals surface area contributed by atoms with Gasteiger partial charge >= 0.3 is 6.03 Å². The van der Waals surface area contributed by atoms with Crippen LogP contribution < -0.4 is 35.9 Å². The van der Waals surface area contributed by atoms with Crippen LogP contribution in [0.1, 0.15) is 51.5 Å². The van der Waals surface area contributed by atoms with Crippen molar-refractivity contribution in [3.63, 3.8) is 0 Å². The highest BCUT2D eigenvalue weighted by molar-refractivity contribution is 5.94. The van der Waals surface area contributed by atoms with Crippen LogP contribution in [0.4, 0.5) is 27.5 Å². The summed E-state index contributed by atoms with van der Waals surface area (Å²) in [6.45, 7) is 4.16. The second kappa shape index (κ2) is 17.6. The highest BCUT2D eigenvalue weighted by atomic mass is 16.7. The van der Waals surface area contributed by atoms with Crippen molar-refractivity contribution in [2.45, 2.75) is 64.5 Å². The number of hydrogen-bond acceptors (Lipinski definition) is 9. The van der Waals surface area contributed by atoms with Gasteiger partial charge in [-0.15, -0.1) is 0 Å². The topological polar surface area (TPSA) is 185 Å². The molecule has 5 rings (SSSR count). The molecule has 0 aliphatic carbocycles. The number of carbonyl (C=O) groups excluding carboxylic acids is 4. The van der Waals surface area contributed by atoms with Crippen molar-refractivity contribution >= 4 is 46.5 Å². The fourth-order valence-electron chi connectivity index (χ4n) is 6.07. The van der Waals surface area contributed by atoms with Gasteiger partial charge < -0.3 is 50.8 Å². The number of nitrogens with two attached hydrogens (primary N) is 1. The summed E-state index contributed by atoms with van der Waals surface area (Å²) in [6, 6.07) is 16.6. The Balaban J connectivity index is 1.19. The maximum atomic E-state index is 13.6. The van der Waals surface area contributed by atoms with E-state index in [1.54, 1.807) is 79.5 Å². The number of unbranched alkanes of at least 4 members (excludes halogenated alkanes) is 2. The molecule has 0 fully saturated rings. The van der Waals surface area contributed by atoms with Gasteiger partial charge in [0.25, 0.3) is 0 Å². The number of aliphatic hydroxyl groups excluding tert-OH is 1. The van der Waals surface area contributed by atoms with Crippen LogP contribution in [0.2, 0.25) is 0 Å². The van der Waals surface area contributed by atoms with Crippen LogP contribution in [0.25, 0.3) is 0 Å². The lowest BCUT2D eigenvalue weighted by molar-refractivity contribution is -0.134. The van der Waals surface area contributed by atoms with E-state index >= 15 is 0 Å². The second-order valence-electron chi connectivity index (χ2n) is 13.3. The summed E-state index contributed by atoms with van der Waals surface area (Å²) in [5.74, 6) is 0.921. The number of anilines is 4. The molecule has 0 saturated carbocycles. The summed E-state index contributed by atoms with van der Waals surface area (Å²) in [4.78, 5) is 55.1. The average Bonchev–Trinajstić information content (AvgIpc) is 3.60. The third-order valence-corrected chi connectivity index (χ3v) is 9.17. The molecule has 0 aromatic heterocycles. The smallest absolute Gasteiger partial charge is 0.321 e. The molecule has 3 atom stereocenters. The number of aliphatic hydroxyl groups is 1. The van der Waals surface area contributed by atoms with Gasteiger partial charge in [-0.05, 0) is 62.2 Å². The molecular formula is C38H48N6O8. The molecule has 2 aliphatic rings. The largest absolute Gasteiger partial charge is 0.488 e. The fraction of sp³-hybridized carbons (Fsp3) is 0.421. The van der Waals surface area contributed by atoms with Crippen LogP contribution >= 0.6 is 0 Å². The van der Waals surface area contributed by atoms with E-state index in [2.05, 4.69) is 16.0 Å². The fourth-order valence-corrected chi connectivity index (χ4v) is 6.07. The van der Waals surface area contributed by atoms with Crippen molar-refractivity contribution in [1.82, 2.24) is 9.80 Å². The summed E-state index contributed by atoms with van der Waals surface area (Å²) in [6.07, 6.45) is 1.99. The number of carbonyl (C=O) groups is 4. The Morgan fingerprint density at radius 1 is 0.923 bits per heavy atom. The van der Waals surface area contributed by atoms with Crippen LogP contribution in [-0.4, -0.2) is 84.3 Å². The van der Waals surface area contributed by atoms with Gasteiger partial charge in [0.2, 0.25) is 24.5 Å². The lowest BCUT2D eigenvalue weighted by atomic mass is 10.0. The summed E-state index contributed by atoms with van der Waals surface area (Å²) >= 11 is 0. The minimum absolute atomic E-state index is 0.0000414. The first-order valence-corrected chi connectivity index (χ1v) is 17.6. The van der Waals surface area contributed by atoms with Crippen molar-refractivity contribution in [3.05, 3.63) is 66.2 Å². The first kappa shape index (κ1) is 37.7. The molecule has 0 bridgehead atoms. The van der Waals surface area contributed by atoms with Crippen LogP contribution in [0.5, 0.6) is 17.2 Å². The zero-order valence-electron chi connectivity index (χ0n) is 29.9. The van der Waals surface area contributed by atoms with E-state index in [-0.39, 0.29) is 62.5 Å². The Morgan fingerprint density at radius 2 is 1.60 bits per heavy atom. The van der Waals surface area contributed by atoms with Crippen LogP contribution in [0.15, 0.2) is 60.7 Å². The SMILES string of the molecule is C[C@@H]1CN([C@@H](C)CO)C(=O)Cc2cc(NC(=O)CCCCCC(=O)Nc3ccccc3N)ccc2O[C@H]1CN(C)C(=O)Nc1ccc2c(c1)OCO2. The minimum atomic E-state index is -0.516. The van der Waals surface area contributed by atoms with Crippen molar-refractivity contribution in [1.29, 1.82) is 0 Å². The molecule has 14 nitrogen and oxygen atoms in total. The van der Waals surface area contributed by atoms with E-state index in [0.717, 1.165) is 0 Å². The van der Waals surface area contributed by atoms with Crippen molar-refractivity contribution in [2.75, 3.05) is 55.2 Å². The Hall–Kier alpha value is -5.50. The predicted octanol–water partition coefficient (Wildman–Crippen LogP) is 4.84. The number of para-hydroxylation sites is 2. The molecule has 2 heterocycles. The van der Waals surface area contributed by atoms with Crippen molar-refractivity contribution in [2.24, 2.45) is 5.92 Å². The number of likely N-dealkylation sites (N-methyl/N-ethyl adjacent to an activating group) is 1. The molecule has 0 unspecified atom stereocenters. The molecule has 0 radical (unpaired) electrons. The number of urea groups is 1. The van der Waals surface area contributed by atoms with E-state index in [9.17, 15) is 24.3 Å². The maximum Gasteiger partial charge on any atom is 0.321 e. The average molecular weight is 717 g/mol. The molecule has 52 heavy (non-hydrogen) atoms. The monoisotopic (exact) mass is 716 g/mol. The van der Waals surface area contributed by atoms with Gasteiger partial charge in [0.1, 0.15) is 11.9 Å². The van der Waals surface area contributed by atoms with E-state index in [1.165, 1.54) is 4.90 Å². The Kier molecular flexibility index (Phi) is 12.8. The van der Waals surface area contributed by atoms with E-state index in [4.69, 9.17) is 19.9 Å². The maximum absolute atomic E-state index is 13.6. The van der Waals surface area contributed by atoms with Gasteiger partial charge in [-0.2, -0.15) is 0 Å². The summed E-state index contributed by atoms with van der Waals surface area (Å²) in [5, 5.41) is 18.6. The number of nitrogens with zero attached hydrogens (tertiary/aromatic N) is 2. The normalized spacial score (nSPS) is 17.1. The number of amides is 5. The Morgan fingerprint density at radius 3 is 2.33 bits per heavy atom. The first-order valence-electron chi connectivity index (χ1n) is 17.6. The molecule has 278 valence electrons. The van der Waals surface area contributed by atoms with Gasteiger partial charge in [0.05, 0.1) is 37.0 Å². The van der Waals surface area contributed by atoms with Crippen molar-refractivity contribution in [3.8, 4) is 17.2 Å². The third-order valence-electron chi connectivity index (χ3n) is 9.17. The first-order chi connectivity index (χ1) is 25.0. The Bertz CT molecular complexity index is 1750. The molecule has 0 saturated heterocycles. The van der Waals surface area contributed by atoms with Crippen LogP contribution in [0.3, 0.4) is 0 Å². The summed E-state index contributed by atoms with van der Waals surface area (Å²) in [5.41, 5.74) is 8.63. The predicted molar refractivity (Wildman–Crippen MR) is 197 cm³/mol. The zero-order valence-corrected chi connectivity index (χ0v) is 29.9. The summed E-state index contributed by atoms with van der Waals surface area (Å²) in [7, 11) is 1.67.